The van der Waals surface area contributed by atoms with Crippen LogP contribution in [0.1, 0.15) is 15.4 Å². The van der Waals surface area contributed by atoms with E-state index < -0.39 is 0 Å². The van der Waals surface area contributed by atoms with Gasteiger partial charge in [-0.2, -0.15) is 0 Å². The molecule has 0 aliphatic rings. The van der Waals surface area contributed by atoms with Gasteiger partial charge in [0.15, 0.2) is 5.13 Å². The van der Waals surface area contributed by atoms with E-state index in [1.807, 2.05) is 7.05 Å². The molecule has 0 aliphatic heterocycles. The summed E-state index contributed by atoms with van der Waals surface area (Å²) in [5.74, 6) is 0. The zero-order valence-corrected chi connectivity index (χ0v) is 12.8. The average molecular weight is 298 g/mol. The molecule has 0 amide bonds. The van der Waals surface area contributed by atoms with Gasteiger partial charge < -0.3 is 14.7 Å². The number of likely N-dealkylation sites (N-methyl/N-ethyl adjacent to an activating group) is 1. The van der Waals surface area contributed by atoms with Crippen molar-refractivity contribution in [3.8, 4) is 0 Å². The van der Waals surface area contributed by atoms with Crippen molar-refractivity contribution in [2.24, 2.45) is 0 Å². The van der Waals surface area contributed by atoms with E-state index in [0.717, 1.165) is 28.7 Å². The monoisotopic (exact) mass is 298 g/mol. The number of aromatic nitrogens is 1. The lowest BCUT2D eigenvalue weighted by atomic mass is 10.3. The van der Waals surface area contributed by atoms with Gasteiger partial charge in [0.05, 0.1) is 23.8 Å². The number of hydrogen-bond acceptors (Lipinski definition) is 6. The van der Waals surface area contributed by atoms with Crippen LogP contribution < -0.4 is 4.90 Å². The molecule has 0 radical (unpaired) electrons. The highest BCUT2D eigenvalue weighted by molar-refractivity contribution is 7.15. The van der Waals surface area contributed by atoms with Gasteiger partial charge in [-0.1, -0.05) is 17.4 Å². The van der Waals surface area contributed by atoms with Crippen LogP contribution in [0, 0.1) is 0 Å². The molecule has 0 atom stereocenters. The number of aliphatic hydroxyl groups excluding tert-OH is 1. The lowest BCUT2D eigenvalue weighted by Gasteiger charge is -2.14. The van der Waals surface area contributed by atoms with E-state index in [9.17, 15) is 5.11 Å². The van der Waals surface area contributed by atoms with Crippen molar-refractivity contribution >= 4 is 27.8 Å². The van der Waals surface area contributed by atoms with Gasteiger partial charge in [0, 0.05) is 25.6 Å². The van der Waals surface area contributed by atoms with Crippen LogP contribution in [0.2, 0.25) is 0 Å². The number of methoxy groups -OCH3 is 1. The highest BCUT2D eigenvalue weighted by Crippen LogP contribution is 2.26. The Balaban J connectivity index is 1.99. The summed E-state index contributed by atoms with van der Waals surface area (Å²) in [6.45, 7) is 1.39. The minimum atomic E-state index is 0.0229. The molecule has 2 heterocycles. The highest BCUT2D eigenvalue weighted by Gasteiger charge is 2.13. The second-order valence-electron chi connectivity index (χ2n) is 4.21. The number of anilines is 1. The predicted molar refractivity (Wildman–Crippen MR) is 80.0 cm³/mol. The molecule has 0 bridgehead atoms. The Bertz CT molecular complexity index is 497. The molecule has 2 rings (SSSR count). The third kappa shape index (κ3) is 3.76. The van der Waals surface area contributed by atoms with Crippen LogP contribution in [0.5, 0.6) is 0 Å². The number of nitrogens with zero attached hydrogens (tertiary/aromatic N) is 2. The normalized spacial score (nSPS) is 10.9. The zero-order chi connectivity index (χ0) is 13.7. The minimum Gasteiger partial charge on any atom is -0.391 e. The molecule has 2 aromatic heterocycles. The van der Waals surface area contributed by atoms with E-state index >= 15 is 0 Å². The molecular formula is C13H18N2O2S2. The first-order valence-corrected chi connectivity index (χ1v) is 7.76. The van der Waals surface area contributed by atoms with E-state index in [1.54, 1.807) is 18.4 Å². The number of thiazole rings is 1. The number of thiophene rings is 1. The number of hydrogen-bond donors (Lipinski definition) is 1. The maximum Gasteiger partial charge on any atom is 0.185 e. The van der Waals surface area contributed by atoms with Crippen LogP contribution >= 0.6 is 22.7 Å². The van der Waals surface area contributed by atoms with E-state index in [1.165, 1.54) is 16.2 Å². The Labute approximate surface area is 121 Å². The minimum absolute atomic E-state index is 0.0229. The lowest BCUT2D eigenvalue weighted by molar-refractivity contribution is 0.179. The number of rotatable bonds is 7. The molecule has 2 aromatic rings. The van der Waals surface area contributed by atoms with E-state index in [4.69, 9.17) is 4.74 Å². The summed E-state index contributed by atoms with van der Waals surface area (Å²) < 4.78 is 5.10. The third-order valence-electron chi connectivity index (χ3n) is 2.79. The molecular weight excluding hydrogens is 280 g/mol. The second-order valence-corrected chi connectivity index (χ2v) is 6.30. The van der Waals surface area contributed by atoms with E-state index in [-0.39, 0.29) is 6.61 Å². The molecule has 0 saturated heterocycles. The van der Waals surface area contributed by atoms with Crippen molar-refractivity contribution < 1.29 is 9.84 Å². The Kier molecular flexibility index (Phi) is 5.33. The first-order chi connectivity index (χ1) is 9.24. The zero-order valence-electron chi connectivity index (χ0n) is 11.1. The summed E-state index contributed by atoms with van der Waals surface area (Å²) in [6, 6.07) is 4.22. The molecule has 4 nitrogen and oxygen atoms in total. The van der Waals surface area contributed by atoms with Crippen LogP contribution in [-0.4, -0.2) is 30.8 Å². The first-order valence-electron chi connectivity index (χ1n) is 6.06. The van der Waals surface area contributed by atoms with Gasteiger partial charge >= 0.3 is 0 Å². The molecule has 0 fully saturated rings. The SMILES string of the molecule is COCc1nc(N(C)CCc2cccs2)sc1CO. The maximum atomic E-state index is 9.32. The van der Waals surface area contributed by atoms with Crippen LogP contribution in [0.3, 0.4) is 0 Å². The Morgan fingerprint density at radius 3 is 2.95 bits per heavy atom. The number of aliphatic hydroxyl groups is 1. The fourth-order valence-corrected chi connectivity index (χ4v) is 3.34. The van der Waals surface area contributed by atoms with E-state index in [2.05, 4.69) is 27.4 Å². The summed E-state index contributed by atoms with van der Waals surface area (Å²) in [5.41, 5.74) is 0.841. The van der Waals surface area contributed by atoms with Gasteiger partial charge in [-0.05, 0) is 17.9 Å². The summed E-state index contributed by atoms with van der Waals surface area (Å²) in [6.07, 6.45) is 1.02. The smallest absolute Gasteiger partial charge is 0.185 e. The Morgan fingerprint density at radius 1 is 1.47 bits per heavy atom. The van der Waals surface area contributed by atoms with Gasteiger partial charge in [-0.3, -0.25) is 0 Å². The van der Waals surface area contributed by atoms with Gasteiger partial charge in [0.2, 0.25) is 0 Å². The van der Waals surface area contributed by atoms with Crippen molar-refractivity contribution in [2.75, 3.05) is 25.6 Å². The average Bonchev–Trinajstić information content (AvgIpc) is 3.05. The molecule has 0 aromatic carbocycles. The molecule has 0 unspecified atom stereocenters. The summed E-state index contributed by atoms with van der Waals surface area (Å²) >= 11 is 3.31. The second kappa shape index (κ2) is 7.00. The summed E-state index contributed by atoms with van der Waals surface area (Å²) in [4.78, 5) is 8.93. The molecule has 1 N–H and O–H groups in total. The molecule has 0 aliphatic carbocycles. The molecule has 0 spiro atoms. The summed E-state index contributed by atoms with van der Waals surface area (Å²) in [5, 5.41) is 12.4. The fourth-order valence-electron chi connectivity index (χ4n) is 1.73. The van der Waals surface area contributed by atoms with Crippen LogP contribution in [0.25, 0.3) is 0 Å². The summed E-state index contributed by atoms with van der Waals surface area (Å²) in [7, 11) is 3.67. The Morgan fingerprint density at radius 2 is 2.32 bits per heavy atom. The lowest BCUT2D eigenvalue weighted by Crippen LogP contribution is -2.19. The molecule has 19 heavy (non-hydrogen) atoms. The van der Waals surface area contributed by atoms with Crippen molar-refractivity contribution in [3.63, 3.8) is 0 Å². The predicted octanol–water partition coefficient (Wildman–Crippen LogP) is 2.52. The molecule has 104 valence electrons. The van der Waals surface area contributed by atoms with E-state index in [0.29, 0.717) is 6.61 Å². The topological polar surface area (TPSA) is 45.6 Å². The third-order valence-corrected chi connectivity index (χ3v) is 4.92. The first kappa shape index (κ1) is 14.5. The van der Waals surface area contributed by atoms with Gasteiger partial charge in [-0.15, -0.1) is 11.3 Å². The maximum absolute atomic E-state index is 9.32. The standard InChI is InChI=1S/C13H18N2O2S2/c1-15(6-5-10-4-3-7-18-10)13-14-11(9-17-2)12(8-16)19-13/h3-4,7,16H,5-6,8-9H2,1-2H3. The molecule has 6 heteroatoms. The van der Waals surface area contributed by atoms with Crippen molar-refractivity contribution in [3.05, 3.63) is 33.0 Å². The Hall–Kier alpha value is -0.950. The van der Waals surface area contributed by atoms with Crippen LogP contribution in [0.4, 0.5) is 5.13 Å². The largest absolute Gasteiger partial charge is 0.391 e. The van der Waals surface area contributed by atoms with Gasteiger partial charge in [0.1, 0.15) is 0 Å². The molecule has 0 saturated carbocycles. The number of ether oxygens (including phenoxy) is 1. The van der Waals surface area contributed by atoms with Crippen LogP contribution in [-0.2, 0) is 24.4 Å². The van der Waals surface area contributed by atoms with Crippen LogP contribution in [0.15, 0.2) is 17.5 Å². The van der Waals surface area contributed by atoms with Gasteiger partial charge in [0.25, 0.3) is 0 Å². The van der Waals surface area contributed by atoms with Gasteiger partial charge in [-0.25, -0.2) is 4.98 Å². The fraction of sp³-hybridized carbons (Fsp3) is 0.462. The highest BCUT2D eigenvalue weighted by atomic mass is 32.1. The van der Waals surface area contributed by atoms with Crippen molar-refractivity contribution in [1.29, 1.82) is 0 Å². The van der Waals surface area contributed by atoms with Crippen molar-refractivity contribution in [2.45, 2.75) is 19.6 Å². The van der Waals surface area contributed by atoms with Crippen molar-refractivity contribution in [1.82, 2.24) is 4.98 Å². The quantitative estimate of drug-likeness (QED) is 0.853.